The molecule has 1 fully saturated rings. The van der Waals surface area contributed by atoms with Gasteiger partial charge in [-0.2, -0.15) is 0 Å². The van der Waals surface area contributed by atoms with Gasteiger partial charge in [-0.05, 0) is 32.8 Å². The Morgan fingerprint density at radius 1 is 1.23 bits per heavy atom. The smallest absolute Gasteiger partial charge is 0.308 e. The van der Waals surface area contributed by atoms with Crippen LogP contribution in [0.3, 0.4) is 0 Å². The predicted octanol–water partition coefficient (Wildman–Crippen LogP) is 3.52. The third-order valence-corrected chi connectivity index (χ3v) is 6.29. The standard InChI is InChI=1S/C16H24NO4P/c1-4-20-22(19,21-5-2)15-11-14(12(3)18)16(17-15)13-9-7-6-8-10-13/h6-10,14-17H,4-5,11H2,1-3H3/t14-,15+,16-/m1/s1. The number of carbonyl (C=O) groups excluding carboxylic acids is 1. The van der Waals surface area contributed by atoms with Crippen molar-refractivity contribution in [2.75, 3.05) is 13.2 Å². The lowest BCUT2D eigenvalue weighted by Gasteiger charge is -2.23. The quantitative estimate of drug-likeness (QED) is 0.777. The molecule has 22 heavy (non-hydrogen) atoms. The van der Waals surface area contributed by atoms with Crippen LogP contribution in [0.2, 0.25) is 0 Å². The van der Waals surface area contributed by atoms with Crippen LogP contribution in [0.15, 0.2) is 30.3 Å². The van der Waals surface area contributed by atoms with Crippen LogP contribution in [0.1, 0.15) is 38.8 Å². The average molecular weight is 325 g/mol. The molecule has 1 aromatic carbocycles. The average Bonchev–Trinajstić information content (AvgIpc) is 2.95. The van der Waals surface area contributed by atoms with Crippen LogP contribution >= 0.6 is 7.60 Å². The Hall–Kier alpha value is -1.00. The molecule has 0 saturated carbocycles. The van der Waals surface area contributed by atoms with Crippen LogP contribution in [0.5, 0.6) is 0 Å². The van der Waals surface area contributed by atoms with E-state index in [0.717, 1.165) is 5.56 Å². The third-order valence-electron chi connectivity index (χ3n) is 3.93. The molecular weight excluding hydrogens is 301 g/mol. The van der Waals surface area contributed by atoms with Gasteiger partial charge in [0.05, 0.1) is 13.2 Å². The Labute approximate surface area is 131 Å². The van der Waals surface area contributed by atoms with Crippen LogP contribution in [-0.4, -0.2) is 24.8 Å². The molecular formula is C16H24NO4P. The van der Waals surface area contributed by atoms with Crippen LogP contribution in [0.4, 0.5) is 0 Å². The van der Waals surface area contributed by atoms with Gasteiger partial charge in [0.1, 0.15) is 11.6 Å². The van der Waals surface area contributed by atoms with Crippen molar-refractivity contribution >= 4 is 13.4 Å². The molecule has 0 aromatic heterocycles. The van der Waals surface area contributed by atoms with Crippen molar-refractivity contribution in [3.8, 4) is 0 Å². The number of Topliss-reactive ketones (excluding diaryl/α,β-unsaturated/α-hetero) is 1. The fraction of sp³-hybridized carbons (Fsp3) is 0.562. The molecule has 0 bridgehead atoms. The molecule has 1 aliphatic rings. The second-order valence-corrected chi connectivity index (χ2v) is 7.62. The summed E-state index contributed by atoms with van der Waals surface area (Å²) in [4.78, 5) is 12.0. The minimum absolute atomic E-state index is 0.0865. The van der Waals surface area contributed by atoms with Crippen LogP contribution in [-0.2, 0) is 18.4 Å². The van der Waals surface area contributed by atoms with Crippen molar-refractivity contribution in [2.45, 2.75) is 39.0 Å². The summed E-state index contributed by atoms with van der Waals surface area (Å²) < 4.78 is 23.8. The van der Waals surface area contributed by atoms with Gasteiger partial charge in [0.2, 0.25) is 0 Å². The number of rotatable bonds is 7. The fourth-order valence-electron chi connectivity index (χ4n) is 2.96. The lowest BCUT2D eigenvalue weighted by atomic mass is 9.91. The third kappa shape index (κ3) is 3.66. The van der Waals surface area contributed by atoms with Gasteiger partial charge in [0.25, 0.3) is 0 Å². The summed E-state index contributed by atoms with van der Waals surface area (Å²) in [7, 11) is -3.27. The lowest BCUT2D eigenvalue weighted by Crippen LogP contribution is -2.27. The largest absolute Gasteiger partial charge is 0.347 e. The van der Waals surface area contributed by atoms with E-state index in [1.807, 2.05) is 30.3 Å². The summed E-state index contributed by atoms with van der Waals surface area (Å²) in [6.45, 7) is 5.79. The molecule has 3 atom stereocenters. The Balaban J connectivity index is 2.27. The molecule has 5 nitrogen and oxygen atoms in total. The van der Waals surface area contributed by atoms with Gasteiger partial charge in [0, 0.05) is 12.0 Å². The summed E-state index contributed by atoms with van der Waals surface area (Å²) in [5, 5.41) is 3.31. The molecule has 1 saturated heterocycles. The summed E-state index contributed by atoms with van der Waals surface area (Å²) in [5.74, 6) is -0.587. The summed E-state index contributed by atoms with van der Waals surface area (Å²) in [5.41, 5.74) is 1.02. The van der Waals surface area contributed by atoms with E-state index in [-0.39, 0.29) is 17.7 Å². The van der Waals surface area contributed by atoms with E-state index in [1.165, 1.54) is 0 Å². The number of benzene rings is 1. The minimum atomic E-state index is -3.27. The van der Waals surface area contributed by atoms with Gasteiger partial charge in [-0.25, -0.2) is 0 Å². The molecule has 1 aliphatic heterocycles. The van der Waals surface area contributed by atoms with Crippen LogP contribution in [0.25, 0.3) is 0 Å². The molecule has 0 spiro atoms. The van der Waals surface area contributed by atoms with Gasteiger partial charge in [-0.1, -0.05) is 30.3 Å². The van der Waals surface area contributed by atoms with Crippen LogP contribution < -0.4 is 5.32 Å². The second-order valence-electron chi connectivity index (χ2n) is 5.40. The first-order chi connectivity index (χ1) is 10.5. The van der Waals surface area contributed by atoms with Gasteiger partial charge in [-0.15, -0.1) is 0 Å². The second kappa shape index (κ2) is 7.51. The lowest BCUT2D eigenvalue weighted by molar-refractivity contribution is -0.121. The molecule has 0 aliphatic carbocycles. The van der Waals surface area contributed by atoms with E-state index in [2.05, 4.69) is 5.32 Å². The first-order valence-electron chi connectivity index (χ1n) is 7.72. The van der Waals surface area contributed by atoms with Crippen molar-refractivity contribution in [3.63, 3.8) is 0 Å². The van der Waals surface area contributed by atoms with Crippen molar-refractivity contribution < 1.29 is 18.4 Å². The highest BCUT2D eigenvalue weighted by Gasteiger charge is 2.47. The van der Waals surface area contributed by atoms with Gasteiger partial charge >= 0.3 is 7.60 Å². The summed E-state index contributed by atoms with van der Waals surface area (Å²) in [6.07, 6.45) is 0.464. The van der Waals surface area contributed by atoms with Crippen molar-refractivity contribution in [1.82, 2.24) is 5.32 Å². The van der Waals surface area contributed by atoms with E-state index in [1.54, 1.807) is 20.8 Å². The Kier molecular flexibility index (Phi) is 5.93. The zero-order valence-corrected chi connectivity index (χ0v) is 14.2. The number of ketones is 1. The summed E-state index contributed by atoms with van der Waals surface area (Å²) in [6, 6.07) is 9.60. The van der Waals surface area contributed by atoms with Gasteiger partial charge < -0.3 is 9.05 Å². The molecule has 1 aromatic rings. The topological polar surface area (TPSA) is 64.6 Å². The highest BCUT2D eigenvalue weighted by Crippen LogP contribution is 2.57. The zero-order valence-electron chi connectivity index (χ0n) is 13.3. The van der Waals surface area contributed by atoms with E-state index in [0.29, 0.717) is 19.6 Å². The molecule has 1 heterocycles. The molecule has 0 amide bonds. The summed E-state index contributed by atoms with van der Waals surface area (Å²) >= 11 is 0. The molecule has 0 radical (unpaired) electrons. The predicted molar refractivity (Wildman–Crippen MR) is 85.8 cm³/mol. The maximum Gasteiger partial charge on any atom is 0.347 e. The van der Waals surface area contributed by atoms with Crippen molar-refractivity contribution in [3.05, 3.63) is 35.9 Å². The molecule has 2 rings (SSSR count). The molecule has 122 valence electrons. The zero-order chi connectivity index (χ0) is 16.2. The first-order valence-corrected chi connectivity index (χ1v) is 9.33. The minimum Gasteiger partial charge on any atom is -0.308 e. The van der Waals surface area contributed by atoms with Crippen LogP contribution in [0, 0.1) is 5.92 Å². The SMILES string of the molecule is CCOP(=O)(OCC)[C@H]1C[C@H](C(C)=O)[C@@H](c2ccccc2)N1. The van der Waals surface area contributed by atoms with E-state index in [9.17, 15) is 9.36 Å². The van der Waals surface area contributed by atoms with E-state index >= 15 is 0 Å². The Bertz CT molecular complexity index is 538. The molecule has 1 N–H and O–H groups in total. The maximum atomic E-state index is 12.9. The normalized spacial score (nSPS) is 25.3. The van der Waals surface area contributed by atoms with Crippen molar-refractivity contribution in [1.29, 1.82) is 0 Å². The number of carbonyl (C=O) groups is 1. The molecule has 6 heteroatoms. The fourth-order valence-corrected chi connectivity index (χ4v) is 4.94. The highest BCUT2D eigenvalue weighted by molar-refractivity contribution is 7.54. The number of hydrogen-bond donors (Lipinski definition) is 1. The Morgan fingerprint density at radius 3 is 2.32 bits per heavy atom. The van der Waals surface area contributed by atoms with E-state index < -0.39 is 13.4 Å². The number of nitrogens with one attached hydrogen (secondary N) is 1. The van der Waals surface area contributed by atoms with Gasteiger partial charge in [0.15, 0.2) is 0 Å². The maximum absolute atomic E-state index is 12.9. The molecule has 0 unspecified atom stereocenters. The number of hydrogen-bond acceptors (Lipinski definition) is 5. The Morgan fingerprint density at radius 2 is 1.82 bits per heavy atom. The van der Waals surface area contributed by atoms with Gasteiger partial charge in [-0.3, -0.25) is 14.7 Å². The van der Waals surface area contributed by atoms with Crippen molar-refractivity contribution in [2.24, 2.45) is 5.92 Å². The highest BCUT2D eigenvalue weighted by atomic mass is 31.2. The van der Waals surface area contributed by atoms with E-state index in [4.69, 9.17) is 9.05 Å². The first kappa shape index (κ1) is 17.4. The monoisotopic (exact) mass is 325 g/mol.